The SMILES string of the molecule is CC(C)C(O)CCN1CCN(C)CC1. The molecule has 0 spiro atoms. The van der Waals surface area contributed by atoms with E-state index in [-0.39, 0.29) is 6.10 Å². The normalized spacial score (nSPS) is 22.9. The average Bonchev–Trinajstić information content (AvgIpc) is 2.16. The van der Waals surface area contributed by atoms with Gasteiger partial charge in [0.25, 0.3) is 0 Å². The molecule has 1 saturated heterocycles. The number of aliphatic hydroxyl groups is 1. The third-order valence-electron chi connectivity index (χ3n) is 3.11. The molecule has 0 saturated carbocycles. The predicted molar refractivity (Wildman–Crippen MR) is 59.4 cm³/mol. The molecule has 1 N–H and O–H groups in total. The number of hydrogen-bond acceptors (Lipinski definition) is 3. The number of aliphatic hydroxyl groups excluding tert-OH is 1. The van der Waals surface area contributed by atoms with Gasteiger partial charge in [-0.05, 0) is 19.4 Å². The number of likely N-dealkylation sites (N-methyl/N-ethyl adjacent to an activating group) is 1. The lowest BCUT2D eigenvalue weighted by atomic mass is 10.0. The minimum Gasteiger partial charge on any atom is -0.393 e. The molecule has 1 unspecified atom stereocenters. The predicted octanol–water partition coefficient (Wildman–Crippen LogP) is 0.641. The van der Waals surface area contributed by atoms with Gasteiger partial charge in [-0.25, -0.2) is 0 Å². The highest BCUT2D eigenvalue weighted by molar-refractivity contribution is 4.71. The summed E-state index contributed by atoms with van der Waals surface area (Å²) in [4.78, 5) is 4.81. The molecular weight excluding hydrogens is 176 g/mol. The Kier molecular flexibility index (Phi) is 4.85. The Balaban J connectivity index is 2.13. The van der Waals surface area contributed by atoms with Gasteiger partial charge in [-0.2, -0.15) is 0 Å². The van der Waals surface area contributed by atoms with Gasteiger partial charge in [0.15, 0.2) is 0 Å². The second-order valence-corrected chi connectivity index (χ2v) is 4.74. The maximum Gasteiger partial charge on any atom is 0.0575 e. The quantitative estimate of drug-likeness (QED) is 0.721. The Bertz CT molecular complexity index is 153. The van der Waals surface area contributed by atoms with Gasteiger partial charge in [0, 0.05) is 32.7 Å². The molecule has 14 heavy (non-hydrogen) atoms. The summed E-state index contributed by atoms with van der Waals surface area (Å²) in [7, 11) is 2.17. The van der Waals surface area contributed by atoms with E-state index in [1.54, 1.807) is 0 Å². The molecule has 1 rings (SSSR count). The van der Waals surface area contributed by atoms with E-state index in [2.05, 4.69) is 30.7 Å². The van der Waals surface area contributed by atoms with Gasteiger partial charge < -0.3 is 14.9 Å². The van der Waals surface area contributed by atoms with Crippen molar-refractivity contribution in [1.82, 2.24) is 9.80 Å². The second-order valence-electron chi connectivity index (χ2n) is 4.74. The second kappa shape index (κ2) is 5.69. The Hall–Kier alpha value is -0.120. The van der Waals surface area contributed by atoms with Crippen LogP contribution in [0.1, 0.15) is 20.3 Å². The van der Waals surface area contributed by atoms with E-state index in [4.69, 9.17) is 0 Å². The van der Waals surface area contributed by atoms with Gasteiger partial charge in [-0.15, -0.1) is 0 Å². The maximum absolute atomic E-state index is 9.67. The van der Waals surface area contributed by atoms with E-state index < -0.39 is 0 Å². The molecule has 0 amide bonds. The Morgan fingerprint density at radius 1 is 1.14 bits per heavy atom. The highest BCUT2D eigenvalue weighted by Crippen LogP contribution is 2.08. The van der Waals surface area contributed by atoms with Crippen LogP contribution >= 0.6 is 0 Å². The van der Waals surface area contributed by atoms with Crippen LogP contribution in [0.3, 0.4) is 0 Å². The van der Waals surface area contributed by atoms with Crippen molar-refractivity contribution in [3.8, 4) is 0 Å². The zero-order valence-corrected chi connectivity index (χ0v) is 9.74. The average molecular weight is 200 g/mol. The molecule has 0 aromatic carbocycles. The van der Waals surface area contributed by atoms with Gasteiger partial charge in [-0.3, -0.25) is 0 Å². The highest BCUT2D eigenvalue weighted by Gasteiger charge is 2.15. The van der Waals surface area contributed by atoms with Crippen LogP contribution in [0, 0.1) is 5.92 Å². The first kappa shape index (κ1) is 12.0. The summed E-state index contributed by atoms with van der Waals surface area (Å²) in [5.74, 6) is 0.391. The summed E-state index contributed by atoms with van der Waals surface area (Å²) in [6, 6.07) is 0. The van der Waals surface area contributed by atoms with Crippen LogP contribution < -0.4 is 0 Å². The lowest BCUT2D eigenvalue weighted by Gasteiger charge is -2.33. The fraction of sp³-hybridized carbons (Fsp3) is 1.00. The van der Waals surface area contributed by atoms with Crippen molar-refractivity contribution in [3.63, 3.8) is 0 Å². The molecule has 3 nitrogen and oxygen atoms in total. The molecule has 3 heteroatoms. The van der Waals surface area contributed by atoms with E-state index >= 15 is 0 Å². The minimum absolute atomic E-state index is 0.130. The maximum atomic E-state index is 9.67. The van der Waals surface area contributed by atoms with Crippen molar-refractivity contribution in [2.45, 2.75) is 26.4 Å². The molecule has 1 heterocycles. The lowest BCUT2D eigenvalue weighted by Crippen LogP contribution is -2.45. The van der Waals surface area contributed by atoms with Crippen molar-refractivity contribution in [2.24, 2.45) is 5.92 Å². The topological polar surface area (TPSA) is 26.7 Å². The van der Waals surface area contributed by atoms with Crippen molar-refractivity contribution in [2.75, 3.05) is 39.8 Å². The van der Waals surface area contributed by atoms with Crippen LogP contribution in [0.15, 0.2) is 0 Å². The zero-order chi connectivity index (χ0) is 10.6. The molecular formula is C11H24N2O. The number of nitrogens with zero attached hydrogens (tertiary/aromatic N) is 2. The molecule has 1 fully saturated rings. The van der Waals surface area contributed by atoms with Gasteiger partial charge in [0.1, 0.15) is 0 Å². The first-order valence-corrected chi connectivity index (χ1v) is 5.68. The standard InChI is InChI=1S/C11H24N2O/c1-10(2)11(14)4-5-13-8-6-12(3)7-9-13/h10-11,14H,4-9H2,1-3H3. The van der Waals surface area contributed by atoms with Crippen LogP contribution in [-0.2, 0) is 0 Å². The summed E-state index contributed by atoms with van der Waals surface area (Å²) < 4.78 is 0. The van der Waals surface area contributed by atoms with Crippen LogP contribution in [0.4, 0.5) is 0 Å². The summed E-state index contributed by atoms with van der Waals surface area (Å²) in [5, 5.41) is 9.67. The molecule has 1 aliphatic rings. The van der Waals surface area contributed by atoms with Gasteiger partial charge in [-0.1, -0.05) is 13.8 Å². The summed E-state index contributed by atoms with van der Waals surface area (Å²) in [6.45, 7) is 9.84. The van der Waals surface area contributed by atoms with Crippen LogP contribution in [0.2, 0.25) is 0 Å². The number of piperazine rings is 1. The van der Waals surface area contributed by atoms with E-state index in [0.29, 0.717) is 5.92 Å². The Morgan fingerprint density at radius 2 is 1.71 bits per heavy atom. The molecule has 0 aromatic heterocycles. The lowest BCUT2D eigenvalue weighted by molar-refractivity contribution is 0.0856. The molecule has 0 aliphatic carbocycles. The van der Waals surface area contributed by atoms with Crippen LogP contribution in [0.5, 0.6) is 0 Å². The van der Waals surface area contributed by atoms with E-state index in [1.165, 1.54) is 0 Å². The monoisotopic (exact) mass is 200 g/mol. The smallest absolute Gasteiger partial charge is 0.0575 e. The molecule has 1 aliphatic heterocycles. The van der Waals surface area contributed by atoms with Crippen molar-refractivity contribution in [3.05, 3.63) is 0 Å². The largest absolute Gasteiger partial charge is 0.393 e. The van der Waals surface area contributed by atoms with Crippen LogP contribution in [-0.4, -0.2) is 60.8 Å². The molecule has 1 atom stereocenters. The molecule has 0 bridgehead atoms. The minimum atomic E-state index is -0.130. The Labute approximate surface area is 87.7 Å². The summed E-state index contributed by atoms with van der Waals surface area (Å²) in [6.07, 6.45) is 0.788. The van der Waals surface area contributed by atoms with Crippen LogP contribution in [0.25, 0.3) is 0 Å². The van der Waals surface area contributed by atoms with E-state index in [9.17, 15) is 5.11 Å². The molecule has 84 valence electrons. The fourth-order valence-electron chi connectivity index (χ4n) is 1.72. The molecule has 0 aromatic rings. The first-order valence-electron chi connectivity index (χ1n) is 5.68. The number of hydrogen-bond donors (Lipinski definition) is 1. The Morgan fingerprint density at radius 3 is 2.21 bits per heavy atom. The first-order chi connectivity index (χ1) is 6.59. The van der Waals surface area contributed by atoms with Crippen molar-refractivity contribution < 1.29 is 5.11 Å². The summed E-state index contributed by atoms with van der Waals surface area (Å²) >= 11 is 0. The van der Waals surface area contributed by atoms with Gasteiger partial charge >= 0.3 is 0 Å². The summed E-state index contributed by atoms with van der Waals surface area (Å²) in [5.41, 5.74) is 0. The van der Waals surface area contributed by atoms with E-state index in [0.717, 1.165) is 39.1 Å². The molecule has 0 radical (unpaired) electrons. The third kappa shape index (κ3) is 3.95. The zero-order valence-electron chi connectivity index (χ0n) is 9.74. The fourth-order valence-corrected chi connectivity index (χ4v) is 1.72. The van der Waals surface area contributed by atoms with Crippen molar-refractivity contribution >= 4 is 0 Å². The number of rotatable bonds is 4. The third-order valence-corrected chi connectivity index (χ3v) is 3.11. The highest BCUT2D eigenvalue weighted by atomic mass is 16.3. The van der Waals surface area contributed by atoms with Gasteiger partial charge in [0.05, 0.1) is 6.10 Å². The van der Waals surface area contributed by atoms with Crippen molar-refractivity contribution in [1.29, 1.82) is 0 Å². The van der Waals surface area contributed by atoms with E-state index in [1.807, 2.05) is 0 Å². The van der Waals surface area contributed by atoms with Gasteiger partial charge in [0.2, 0.25) is 0 Å².